The topological polar surface area (TPSA) is 57.2 Å². The maximum absolute atomic E-state index is 10.4. The maximum Gasteiger partial charge on any atom is 0.199 e. The Morgan fingerprint density at radius 3 is 2.47 bits per heavy atom. The minimum absolute atomic E-state index is 0.00381. The van der Waals surface area contributed by atoms with E-state index in [4.69, 9.17) is 18.9 Å². The second kappa shape index (κ2) is 9.72. The van der Waals surface area contributed by atoms with Crippen molar-refractivity contribution in [2.75, 3.05) is 19.8 Å². The first-order chi connectivity index (χ1) is 16.7. The van der Waals surface area contributed by atoms with E-state index >= 15 is 0 Å². The molecule has 1 N–H and O–H groups in total. The van der Waals surface area contributed by atoms with Gasteiger partial charge in [-0.2, -0.15) is 0 Å². The number of hydrogen-bond donors (Lipinski definition) is 1. The fraction of sp³-hybridized carbons (Fsp3) is 0.793. The highest BCUT2D eigenvalue weighted by Gasteiger charge is 2.56. The van der Waals surface area contributed by atoms with E-state index in [9.17, 15) is 5.11 Å². The van der Waals surface area contributed by atoms with Gasteiger partial charge in [-0.3, -0.25) is 0 Å². The van der Waals surface area contributed by atoms with Gasteiger partial charge in [0.25, 0.3) is 0 Å². The third kappa shape index (κ3) is 4.21. The molecule has 0 radical (unpaired) electrons. The van der Waals surface area contributed by atoms with Crippen LogP contribution in [0.1, 0.15) is 101 Å². The zero-order valence-corrected chi connectivity index (χ0v) is 20.8. The van der Waals surface area contributed by atoms with Gasteiger partial charge in [-0.05, 0) is 111 Å². The molecule has 3 aliphatic carbocycles. The Bertz CT molecular complexity index is 845. The van der Waals surface area contributed by atoms with Crippen molar-refractivity contribution in [2.24, 2.45) is 17.3 Å². The van der Waals surface area contributed by atoms with Crippen LogP contribution in [0, 0.1) is 17.3 Å². The Balaban J connectivity index is 1.21. The van der Waals surface area contributed by atoms with Crippen LogP contribution in [-0.2, 0) is 14.2 Å². The molecule has 0 bridgehead atoms. The molecule has 2 heterocycles. The molecule has 5 heteroatoms. The van der Waals surface area contributed by atoms with Crippen molar-refractivity contribution in [3.8, 4) is 5.75 Å². The van der Waals surface area contributed by atoms with Crippen molar-refractivity contribution in [2.45, 2.75) is 108 Å². The van der Waals surface area contributed by atoms with E-state index in [0.717, 1.165) is 63.9 Å². The lowest BCUT2D eigenvalue weighted by molar-refractivity contribution is -0.213. The van der Waals surface area contributed by atoms with Crippen molar-refractivity contribution in [3.05, 3.63) is 29.3 Å². The van der Waals surface area contributed by atoms with Crippen molar-refractivity contribution < 1.29 is 24.1 Å². The molecule has 1 aromatic rings. The van der Waals surface area contributed by atoms with Gasteiger partial charge in [-0.1, -0.05) is 13.0 Å². The highest BCUT2D eigenvalue weighted by Crippen LogP contribution is 2.63. The van der Waals surface area contributed by atoms with Crippen LogP contribution in [-0.4, -0.2) is 43.6 Å². The van der Waals surface area contributed by atoms with E-state index in [1.165, 1.54) is 36.8 Å². The molecular formula is C29H42O5. The van der Waals surface area contributed by atoms with Gasteiger partial charge in [0.2, 0.25) is 0 Å². The first-order valence-corrected chi connectivity index (χ1v) is 14.0. The Kier molecular flexibility index (Phi) is 6.66. The summed E-state index contributed by atoms with van der Waals surface area (Å²) in [6.07, 6.45) is 12.7. The molecule has 6 rings (SSSR count). The average molecular weight is 471 g/mol. The van der Waals surface area contributed by atoms with Gasteiger partial charge in [0.05, 0.1) is 12.7 Å². The van der Waals surface area contributed by atoms with Crippen molar-refractivity contribution >= 4 is 0 Å². The quantitative estimate of drug-likeness (QED) is 0.581. The highest BCUT2D eigenvalue weighted by molar-refractivity contribution is 5.43. The number of rotatable bonds is 5. The van der Waals surface area contributed by atoms with Gasteiger partial charge in [0, 0.05) is 25.6 Å². The van der Waals surface area contributed by atoms with Crippen molar-refractivity contribution in [1.29, 1.82) is 0 Å². The Morgan fingerprint density at radius 2 is 1.74 bits per heavy atom. The number of ether oxygens (including phenoxy) is 4. The van der Waals surface area contributed by atoms with Crippen LogP contribution in [0.3, 0.4) is 0 Å². The molecule has 2 saturated heterocycles. The molecular weight excluding hydrogens is 428 g/mol. The molecule has 188 valence electrons. The second-order valence-electron chi connectivity index (χ2n) is 11.7. The smallest absolute Gasteiger partial charge is 0.199 e. The standard InChI is InChI=1S/C29H42O5/c1-29-13-12-22-21-9-8-20(33-27-6-2-4-14-31-27)17-23(21)19(18-30)16-24(22)25(29)10-11-26(29)34-28-7-3-5-15-32-28/h8-9,17,19,22,24-28,30H,2-7,10-16,18H2,1H3/t19-,22?,24?,25?,26?,27?,28?,29-/m0/s1. The van der Waals surface area contributed by atoms with Crippen LogP contribution in [0.2, 0.25) is 0 Å². The molecule has 0 aromatic heterocycles. The molecule has 5 nitrogen and oxygen atoms in total. The van der Waals surface area contributed by atoms with Crippen molar-refractivity contribution in [1.82, 2.24) is 0 Å². The van der Waals surface area contributed by atoms with E-state index in [-0.39, 0.29) is 30.5 Å². The number of aliphatic hydroxyl groups excluding tert-OH is 1. The predicted molar refractivity (Wildman–Crippen MR) is 130 cm³/mol. The lowest BCUT2D eigenvalue weighted by atomic mass is 9.54. The molecule has 0 amide bonds. The van der Waals surface area contributed by atoms with E-state index in [0.29, 0.717) is 23.9 Å². The largest absolute Gasteiger partial charge is 0.465 e. The molecule has 2 aliphatic heterocycles. The lowest BCUT2D eigenvalue weighted by Gasteiger charge is -2.52. The Hall–Kier alpha value is -1.14. The monoisotopic (exact) mass is 470 g/mol. The van der Waals surface area contributed by atoms with Gasteiger partial charge in [-0.25, -0.2) is 0 Å². The van der Waals surface area contributed by atoms with Crippen LogP contribution in [0.25, 0.3) is 0 Å². The Morgan fingerprint density at radius 1 is 0.941 bits per heavy atom. The molecule has 4 fully saturated rings. The average Bonchev–Trinajstić information content (AvgIpc) is 3.20. The van der Waals surface area contributed by atoms with Crippen LogP contribution in [0.5, 0.6) is 5.75 Å². The Labute approximate surface area is 204 Å². The third-order valence-electron chi connectivity index (χ3n) is 9.88. The summed E-state index contributed by atoms with van der Waals surface area (Å²) in [6.45, 7) is 4.32. The number of benzene rings is 1. The maximum atomic E-state index is 10.4. The zero-order valence-electron chi connectivity index (χ0n) is 20.8. The van der Waals surface area contributed by atoms with Gasteiger partial charge in [-0.15, -0.1) is 0 Å². The van der Waals surface area contributed by atoms with Gasteiger partial charge >= 0.3 is 0 Å². The molecule has 2 saturated carbocycles. The highest BCUT2D eigenvalue weighted by atomic mass is 16.7. The summed E-state index contributed by atoms with van der Waals surface area (Å²) in [5.41, 5.74) is 2.98. The lowest BCUT2D eigenvalue weighted by Crippen LogP contribution is -2.46. The fourth-order valence-electron chi connectivity index (χ4n) is 8.08. The number of fused-ring (bicyclic) bond motifs is 5. The van der Waals surface area contributed by atoms with E-state index in [2.05, 4.69) is 25.1 Å². The summed E-state index contributed by atoms with van der Waals surface area (Å²) in [7, 11) is 0. The van der Waals surface area contributed by atoms with E-state index in [1.807, 2.05) is 0 Å². The number of aliphatic hydroxyl groups is 1. The first kappa shape index (κ1) is 23.3. The summed E-state index contributed by atoms with van der Waals surface area (Å²) < 4.78 is 24.5. The molecule has 0 spiro atoms. The molecule has 8 atom stereocenters. The fourth-order valence-corrected chi connectivity index (χ4v) is 8.08. The van der Waals surface area contributed by atoms with Crippen LogP contribution < -0.4 is 4.74 Å². The van der Waals surface area contributed by atoms with Crippen LogP contribution in [0.4, 0.5) is 0 Å². The summed E-state index contributed by atoms with van der Waals surface area (Å²) in [6, 6.07) is 6.65. The molecule has 6 unspecified atom stereocenters. The summed E-state index contributed by atoms with van der Waals surface area (Å²) in [5.74, 6) is 2.95. The molecule has 1 aromatic carbocycles. The van der Waals surface area contributed by atoms with Crippen LogP contribution >= 0.6 is 0 Å². The van der Waals surface area contributed by atoms with Gasteiger partial charge in [0.1, 0.15) is 5.75 Å². The predicted octanol–water partition coefficient (Wildman–Crippen LogP) is 5.89. The summed E-state index contributed by atoms with van der Waals surface area (Å²) in [4.78, 5) is 0. The zero-order chi connectivity index (χ0) is 23.1. The first-order valence-electron chi connectivity index (χ1n) is 14.0. The molecule has 5 aliphatic rings. The molecule has 34 heavy (non-hydrogen) atoms. The summed E-state index contributed by atoms with van der Waals surface area (Å²) >= 11 is 0. The van der Waals surface area contributed by atoms with Gasteiger partial charge < -0.3 is 24.1 Å². The SMILES string of the molecule is C[C@]12CCC3c4ccc(OC5CCCCO5)cc4[C@H](CO)CC3C1CCC2OC1CCCCO1. The second-order valence-corrected chi connectivity index (χ2v) is 11.7. The van der Waals surface area contributed by atoms with E-state index in [1.54, 1.807) is 0 Å². The van der Waals surface area contributed by atoms with Crippen molar-refractivity contribution in [3.63, 3.8) is 0 Å². The third-order valence-corrected chi connectivity index (χ3v) is 9.88. The van der Waals surface area contributed by atoms with E-state index < -0.39 is 0 Å². The van der Waals surface area contributed by atoms with Gasteiger partial charge in [0.15, 0.2) is 12.6 Å². The summed E-state index contributed by atoms with van der Waals surface area (Å²) in [5, 5.41) is 10.4. The normalized spacial score (nSPS) is 41.9. The van der Waals surface area contributed by atoms with Crippen LogP contribution in [0.15, 0.2) is 18.2 Å². The minimum atomic E-state index is -0.130. The minimum Gasteiger partial charge on any atom is -0.465 e. The number of hydrogen-bond acceptors (Lipinski definition) is 5.